The number of halogens is 1. The first-order valence-electron chi connectivity index (χ1n) is 9.87. The smallest absolute Gasteiger partial charge is 0.200 e. The minimum atomic E-state index is -3.39. The van der Waals surface area contributed by atoms with Gasteiger partial charge in [-0.3, -0.25) is 0 Å². The molecule has 2 aromatic rings. The van der Waals surface area contributed by atoms with Crippen LogP contribution in [0.4, 0.5) is 15.9 Å². The molecule has 0 amide bonds. The number of aromatic nitrogens is 2. The van der Waals surface area contributed by atoms with Crippen LogP contribution >= 0.6 is 0 Å². The Morgan fingerprint density at radius 1 is 0.821 bits per heavy atom. The summed E-state index contributed by atoms with van der Waals surface area (Å²) in [7, 11) is -3.39. The average molecular weight is 405 g/mol. The van der Waals surface area contributed by atoms with Crippen LogP contribution in [-0.2, 0) is 9.84 Å². The number of piperazine rings is 1. The van der Waals surface area contributed by atoms with E-state index in [9.17, 15) is 12.8 Å². The largest absolute Gasteiger partial charge is 0.368 e. The van der Waals surface area contributed by atoms with Gasteiger partial charge in [0.05, 0.1) is 5.25 Å². The molecule has 0 atom stereocenters. The molecule has 1 aromatic heterocycles. The fourth-order valence-corrected chi connectivity index (χ4v) is 5.73. The molecule has 6 nitrogen and oxygen atoms in total. The molecule has 0 N–H and O–H groups in total. The maximum absolute atomic E-state index is 13.1. The second-order valence-electron chi connectivity index (χ2n) is 7.49. The topological polar surface area (TPSA) is 66.4 Å². The Bertz CT molecular complexity index is 889. The van der Waals surface area contributed by atoms with E-state index in [1.54, 1.807) is 24.3 Å². The molecule has 2 aliphatic rings. The van der Waals surface area contributed by atoms with Gasteiger partial charge in [0.15, 0.2) is 20.7 Å². The quantitative estimate of drug-likeness (QED) is 0.780. The zero-order valence-corrected chi connectivity index (χ0v) is 16.6. The van der Waals surface area contributed by atoms with Crippen LogP contribution in [0.1, 0.15) is 32.1 Å². The summed E-state index contributed by atoms with van der Waals surface area (Å²) in [4.78, 5) is 4.30. The number of nitrogens with zero attached hydrogens (tertiary/aromatic N) is 4. The lowest BCUT2D eigenvalue weighted by atomic mass is 10.0. The van der Waals surface area contributed by atoms with E-state index >= 15 is 0 Å². The summed E-state index contributed by atoms with van der Waals surface area (Å²) >= 11 is 0. The third kappa shape index (κ3) is 3.97. The third-order valence-corrected chi connectivity index (χ3v) is 7.85. The standard InChI is InChI=1S/C20H25FN4O2S/c21-16-6-8-17(9-7-16)24-12-14-25(15-13-24)19-10-11-20(23-22-19)28(26,27)18-4-2-1-3-5-18/h6-11,18H,1-5,12-15H2. The van der Waals surface area contributed by atoms with Crippen LogP contribution in [0.15, 0.2) is 41.4 Å². The number of rotatable bonds is 4. The minimum absolute atomic E-state index is 0.0908. The number of anilines is 2. The van der Waals surface area contributed by atoms with Crippen LogP contribution in [0.25, 0.3) is 0 Å². The van der Waals surface area contributed by atoms with E-state index in [1.807, 2.05) is 0 Å². The predicted octanol–water partition coefficient (Wildman–Crippen LogP) is 3.05. The summed E-state index contributed by atoms with van der Waals surface area (Å²) in [6, 6.07) is 9.87. The first-order valence-corrected chi connectivity index (χ1v) is 11.4. The Labute approximate surface area is 165 Å². The SMILES string of the molecule is O=S(=O)(c1ccc(N2CCN(c3ccc(F)cc3)CC2)nn1)C1CCCCC1. The Hall–Kier alpha value is -2.22. The number of sulfone groups is 1. The molecule has 1 aliphatic carbocycles. The molecule has 150 valence electrons. The van der Waals surface area contributed by atoms with Gasteiger partial charge in [-0.2, -0.15) is 0 Å². The second kappa shape index (κ2) is 8.03. The Kier molecular flexibility index (Phi) is 5.48. The highest BCUT2D eigenvalue weighted by atomic mass is 32.2. The van der Waals surface area contributed by atoms with Gasteiger partial charge in [-0.15, -0.1) is 10.2 Å². The number of benzene rings is 1. The molecule has 1 saturated heterocycles. The molecular weight excluding hydrogens is 379 g/mol. The summed E-state index contributed by atoms with van der Waals surface area (Å²) < 4.78 is 38.6. The van der Waals surface area contributed by atoms with Gasteiger partial charge in [0.1, 0.15) is 5.82 Å². The molecule has 28 heavy (non-hydrogen) atoms. The Morgan fingerprint density at radius 2 is 1.46 bits per heavy atom. The monoisotopic (exact) mass is 404 g/mol. The molecule has 0 radical (unpaired) electrons. The van der Waals surface area contributed by atoms with Crippen molar-refractivity contribution >= 4 is 21.3 Å². The van der Waals surface area contributed by atoms with Crippen LogP contribution in [0, 0.1) is 5.82 Å². The normalized spacial score (nSPS) is 19.0. The van der Waals surface area contributed by atoms with Gasteiger partial charge in [-0.05, 0) is 49.2 Å². The molecule has 2 fully saturated rings. The third-order valence-electron chi connectivity index (χ3n) is 5.70. The zero-order chi connectivity index (χ0) is 19.6. The van der Waals surface area contributed by atoms with Gasteiger partial charge in [-0.1, -0.05) is 19.3 Å². The van der Waals surface area contributed by atoms with Crippen molar-refractivity contribution in [3.05, 3.63) is 42.2 Å². The van der Waals surface area contributed by atoms with E-state index in [1.165, 1.54) is 12.1 Å². The Morgan fingerprint density at radius 3 is 2.07 bits per heavy atom. The van der Waals surface area contributed by atoms with Crippen LogP contribution in [0.2, 0.25) is 0 Å². The van der Waals surface area contributed by atoms with Crippen LogP contribution in [-0.4, -0.2) is 50.0 Å². The summed E-state index contributed by atoms with van der Waals surface area (Å²) in [5, 5.41) is 8.03. The molecule has 0 unspecified atom stereocenters. The highest BCUT2D eigenvalue weighted by molar-refractivity contribution is 7.92. The molecule has 8 heteroatoms. The molecule has 1 aromatic carbocycles. The molecular formula is C20H25FN4O2S. The van der Waals surface area contributed by atoms with Crippen LogP contribution in [0.5, 0.6) is 0 Å². The fourth-order valence-electron chi connectivity index (χ4n) is 4.03. The maximum atomic E-state index is 13.1. The van der Waals surface area contributed by atoms with E-state index in [4.69, 9.17) is 0 Å². The van der Waals surface area contributed by atoms with Crippen molar-refractivity contribution in [1.82, 2.24) is 10.2 Å². The molecule has 0 bridgehead atoms. The van der Waals surface area contributed by atoms with Gasteiger partial charge < -0.3 is 9.80 Å². The van der Waals surface area contributed by atoms with E-state index in [-0.39, 0.29) is 16.1 Å². The highest BCUT2D eigenvalue weighted by Crippen LogP contribution is 2.28. The summed E-state index contributed by atoms with van der Waals surface area (Å²) in [6.45, 7) is 3.08. The first-order chi connectivity index (χ1) is 13.5. The van der Waals surface area contributed by atoms with Gasteiger partial charge in [0.2, 0.25) is 0 Å². The van der Waals surface area contributed by atoms with E-state index in [0.717, 1.165) is 64.0 Å². The van der Waals surface area contributed by atoms with Crippen LogP contribution < -0.4 is 9.80 Å². The highest BCUT2D eigenvalue weighted by Gasteiger charge is 2.30. The number of hydrogen-bond donors (Lipinski definition) is 0. The summed E-state index contributed by atoms with van der Waals surface area (Å²) in [5.74, 6) is 0.460. The molecule has 4 rings (SSSR count). The molecule has 0 spiro atoms. The van der Waals surface area contributed by atoms with Crippen molar-refractivity contribution in [2.24, 2.45) is 0 Å². The molecule has 1 saturated carbocycles. The van der Waals surface area contributed by atoms with Crippen molar-refractivity contribution in [3.8, 4) is 0 Å². The molecule has 1 aliphatic heterocycles. The van der Waals surface area contributed by atoms with E-state index < -0.39 is 9.84 Å². The van der Waals surface area contributed by atoms with Crippen molar-refractivity contribution < 1.29 is 12.8 Å². The van der Waals surface area contributed by atoms with Crippen LogP contribution in [0.3, 0.4) is 0 Å². The average Bonchev–Trinajstić information content (AvgIpc) is 2.75. The summed E-state index contributed by atoms with van der Waals surface area (Å²) in [5.41, 5.74) is 1.00. The second-order valence-corrected chi connectivity index (χ2v) is 9.66. The molecule has 2 heterocycles. The van der Waals surface area contributed by atoms with Gasteiger partial charge in [-0.25, -0.2) is 12.8 Å². The fraction of sp³-hybridized carbons (Fsp3) is 0.500. The Balaban J connectivity index is 1.40. The van der Waals surface area contributed by atoms with E-state index in [0.29, 0.717) is 5.82 Å². The summed E-state index contributed by atoms with van der Waals surface area (Å²) in [6.07, 6.45) is 4.48. The lowest BCUT2D eigenvalue weighted by Gasteiger charge is -2.36. The maximum Gasteiger partial charge on any atom is 0.200 e. The van der Waals surface area contributed by atoms with Crippen molar-refractivity contribution in [1.29, 1.82) is 0 Å². The van der Waals surface area contributed by atoms with Crippen molar-refractivity contribution in [3.63, 3.8) is 0 Å². The predicted molar refractivity (Wildman–Crippen MR) is 107 cm³/mol. The van der Waals surface area contributed by atoms with Gasteiger partial charge in [0, 0.05) is 31.9 Å². The van der Waals surface area contributed by atoms with Gasteiger partial charge >= 0.3 is 0 Å². The van der Waals surface area contributed by atoms with E-state index in [2.05, 4.69) is 20.0 Å². The lowest BCUT2D eigenvalue weighted by Crippen LogP contribution is -2.46. The van der Waals surface area contributed by atoms with Crippen molar-refractivity contribution in [2.75, 3.05) is 36.0 Å². The van der Waals surface area contributed by atoms with Crippen molar-refractivity contribution in [2.45, 2.75) is 42.4 Å². The first kappa shape index (κ1) is 19.1. The lowest BCUT2D eigenvalue weighted by molar-refractivity contribution is 0.481. The zero-order valence-electron chi connectivity index (χ0n) is 15.8. The number of hydrogen-bond acceptors (Lipinski definition) is 6. The minimum Gasteiger partial charge on any atom is -0.368 e. The van der Waals surface area contributed by atoms with Gasteiger partial charge in [0.25, 0.3) is 0 Å².